The zero-order valence-corrected chi connectivity index (χ0v) is 12.4. The first kappa shape index (κ1) is 14.7. The van der Waals surface area contributed by atoms with Crippen molar-refractivity contribution in [2.75, 3.05) is 26.2 Å². The van der Waals surface area contributed by atoms with Crippen molar-refractivity contribution in [3.8, 4) is 0 Å². The molecule has 0 spiro atoms. The summed E-state index contributed by atoms with van der Waals surface area (Å²) in [6.07, 6.45) is 3.42. The summed E-state index contributed by atoms with van der Waals surface area (Å²) in [4.78, 5) is 15.7. The highest BCUT2D eigenvalue weighted by atomic mass is 32.2. The first-order chi connectivity index (χ1) is 10.0. The van der Waals surface area contributed by atoms with E-state index in [0.29, 0.717) is 12.6 Å². The Morgan fingerprint density at radius 3 is 3.05 bits per heavy atom. The summed E-state index contributed by atoms with van der Waals surface area (Å²) in [5, 5.41) is 0. The molecule has 7 nitrogen and oxygen atoms in total. The van der Waals surface area contributed by atoms with Crippen molar-refractivity contribution in [1.29, 1.82) is 0 Å². The van der Waals surface area contributed by atoms with Gasteiger partial charge < -0.3 is 9.72 Å². The Balaban J connectivity index is 1.59. The highest BCUT2D eigenvalue weighted by Crippen LogP contribution is 2.22. The SMILES string of the molecule is O=c1ccc(S(=O)(=O)NCC2CN3CCCC3CO2)c[nH]1. The van der Waals surface area contributed by atoms with Gasteiger partial charge >= 0.3 is 0 Å². The molecule has 116 valence electrons. The number of pyridine rings is 1. The number of sulfonamides is 1. The van der Waals surface area contributed by atoms with Crippen LogP contribution in [0.5, 0.6) is 0 Å². The lowest BCUT2D eigenvalue weighted by Gasteiger charge is -2.35. The molecule has 2 saturated heterocycles. The van der Waals surface area contributed by atoms with E-state index in [2.05, 4.69) is 14.6 Å². The second kappa shape index (κ2) is 5.88. The maximum absolute atomic E-state index is 12.1. The first-order valence-corrected chi connectivity index (χ1v) is 8.57. The standard InChI is InChI=1S/C13H19N3O4S/c17-13-4-3-12(7-14-13)21(18,19)15-6-11-8-16-5-1-2-10(16)9-20-11/h3-4,7,10-11,15H,1-2,5-6,8-9H2,(H,14,17). The van der Waals surface area contributed by atoms with Crippen LogP contribution in [0.15, 0.2) is 28.0 Å². The van der Waals surface area contributed by atoms with Gasteiger partial charge in [0.1, 0.15) is 0 Å². The van der Waals surface area contributed by atoms with Crippen LogP contribution in [-0.2, 0) is 14.8 Å². The van der Waals surface area contributed by atoms with E-state index < -0.39 is 10.0 Å². The lowest BCUT2D eigenvalue weighted by Crippen LogP contribution is -2.50. The number of rotatable bonds is 4. The number of fused-ring (bicyclic) bond motifs is 1. The van der Waals surface area contributed by atoms with E-state index in [0.717, 1.165) is 19.5 Å². The first-order valence-electron chi connectivity index (χ1n) is 7.09. The summed E-state index contributed by atoms with van der Waals surface area (Å²) in [7, 11) is -3.62. The van der Waals surface area contributed by atoms with E-state index in [-0.39, 0.29) is 23.1 Å². The van der Waals surface area contributed by atoms with E-state index in [1.807, 2.05) is 0 Å². The van der Waals surface area contributed by atoms with Crippen LogP contribution in [0, 0.1) is 0 Å². The molecule has 0 radical (unpaired) electrons. The fourth-order valence-corrected chi connectivity index (χ4v) is 3.89. The Morgan fingerprint density at radius 1 is 1.43 bits per heavy atom. The van der Waals surface area contributed by atoms with Crippen molar-refractivity contribution in [2.45, 2.75) is 29.9 Å². The van der Waals surface area contributed by atoms with E-state index in [4.69, 9.17) is 4.74 Å². The van der Waals surface area contributed by atoms with Gasteiger partial charge in [-0.05, 0) is 25.5 Å². The predicted molar refractivity (Wildman–Crippen MR) is 76.6 cm³/mol. The molecule has 2 aliphatic heterocycles. The zero-order valence-electron chi connectivity index (χ0n) is 11.6. The maximum atomic E-state index is 12.1. The van der Waals surface area contributed by atoms with Crippen LogP contribution in [0.1, 0.15) is 12.8 Å². The monoisotopic (exact) mass is 313 g/mol. The highest BCUT2D eigenvalue weighted by Gasteiger charge is 2.32. The Kier molecular flexibility index (Phi) is 4.12. The van der Waals surface area contributed by atoms with E-state index >= 15 is 0 Å². The molecule has 0 bridgehead atoms. The number of aromatic amines is 1. The summed E-state index contributed by atoms with van der Waals surface area (Å²) >= 11 is 0. The Morgan fingerprint density at radius 2 is 2.29 bits per heavy atom. The van der Waals surface area contributed by atoms with Crippen LogP contribution in [0.25, 0.3) is 0 Å². The molecule has 0 amide bonds. The van der Waals surface area contributed by atoms with Gasteiger partial charge in [-0.15, -0.1) is 0 Å². The third-order valence-corrected chi connectivity index (χ3v) is 5.45. The molecule has 2 N–H and O–H groups in total. The lowest BCUT2D eigenvalue weighted by atomic mass is 10.2. The largest absolute Gasteiger partial charge is 0.374 e. The minimum atomic E-state index is -3.62. The molecule has 8 heteroatoms. The third-order valence-electron chi connectivity index (χ3n) is 4.03. The van der Waals surface area contributed by atoms with Crippen LogP contribution < -0.4 is 10.3 Å². The average Bonchev–Trinajstić information content (AvgIpc) is 2.93. The predicted octanol–water partition coefficient (Wildman–Crippen LogP) is -0.484. The number of hydrogen-bond donors (Lipinski definition) is 2. The van der Waals surface area contributed by atoms with Gasteiger partial charge in [0.2, 0.25) is 15.6 Å². The number of morpholine rings is 1. The van der Waals surface area contributed by atoms with Gasteiger partial charge in [-0.25, -0.2) is 13.1 Å². The van der Waals surface area contributed by atoms with Gasteiger partial charge in [-0.3, -0.25) is 9.69 Å². The molecule has 1 aromatic heterocycles. The quantitative estimate of drug-likeness (QED) is 0.783. The van der Waals surface area contributed by atoms with Gasteiger partial charge in [-0.1, -0.05) is 0 Å². The summed E-state index contributed by atoms with van der Waals surface area (Å²) in [5.41, 5.74) is -0.329. The molecule has 1 aromatic rings. The number of H-pyrrole nitrogens is 1. The maximum Gasteiger partial charge on any atom is 0.247 e. The van der Waals surface area contributed by atoms with E-state index in [1.54, 1.807) is 0 Å². The minimum Gasteiger partial charge on any atom is -0.374 e. The summed E-state index contributed by atoms with van der Waals surface area (Å²) in [6.45, 7) is 2.74. The zero-order chi connectivity index (χ0) is 14.9. The van der Waals surface area contributed by atoms with Crippen molar-refractivity contribution in [2.24, 2.45) is 0 Å². The van der Waals surface area contributed by atoms with Crippen molar-refractivity contribution < 1.29 is 13.2 Å². The molecule has 2 fully saturated rings. The third kappa shape index (κ3) is 3.34. The molecule has 2 atom stereocenters. The molecule has 2 unspecified atom stereocenters. The molecule has 0 aromatic carbocycles. The molecule has 0 aliphatic carbocycles. The molecule has 3 rings (SSSR count). The number of ether oxygens (including phenoxy) is 1. The second-order valence-electron chi connectivity index (χ2n) is 5.49. The van der Waals surface area contributed by atoms with Crippen molar-refractivity contribution in [3.05, 3.63) is 28.7 Å². The molecule has 21 heavy (non-hydrogen) atoms. The Bertz CT molecular complexity index is 637. The number of nitrogens with zero attached hydrogens (tertiary/aromatic N) is 1. The Hall–Kier alpha value is -1.22. The fourth-order valence-electron chi connectivity index (χ4n) is 2.86. The van der Waals surface area contributed by atoms with Crippen molar-refractivity contribution in [3.63, 3.8) is 0 Å². The number of nitrogens with one attached hydrogen (secondary N) is 2. The van der Waals surface area contributed by atoms with Crippen LogP contribution >= 0.6 is 0 Å². The topological polar surface area (TPSA) is 91.5 Å². The van der Waals surface area contributed by atoms with Crippen LogP contribution in [0.3, 0.4) is 0 Å². The summed E-state index contributed by atoms with van der Waals surface area (Å²) in [5.74, 6) is 0. The minimum absolute atomic E-state index is 0.0527. The second-order valence-corrected chi connectivity index (χ2v) is 7.25. The fraction of sp³-hybridized carbons (Fsp3) is 0.615. The lowest BCUT2D eigenvalue weighted by molar-refractivity contribution is -0.0449. The van der Waals surface area contributed by atoms with Crippen LogP contribution in [0.4, 0.5) is 0 Å². The van der Waals surface area contributed by atoms with Crippen LogP contribution in [-0.4, -0.2) is 56.7 Å². The molecular weight excluding hydrogens is 294 g/mol. The number of hydrogen-bond acceptors (Lipinski definition) is 5. The van der Waals surface area contributed by atoms with Gasteiger partial charge in [0, 0.05) is 31.4 Å². The van der Waals surface area contributed by atoms with Gasteiger partial charge in [0.25, 0.3) is 0 Å². The molecular formula is C13H19N3O4S. The number of aromatic nitrogens is 1. The Labute approximate surface area is 123 Å². The smallest absolute Gasteiger partial charge is 0.247 e. The van der Waals surface area contributed by atoms with Crippen LogP contribution in [0.2, 0.25) is 0 Å². The van der Waals surface area contributed by atoms with Gasteiger partial charge in [0.15, 0.2) is 0 Å². The van der Waals surface area contributed by atoms with Crippen molar-refractivity contribution >= 4 is 10.0 Å². The average molecular weight is 313 g/mol. The summed E-state index contributed by atoms with van der Waals surface area (Å²) in [6, 6.07) is 2.98. The molecule has 0 saturated carbocycles. The van der Waals surface area contributed by atoms with E-state index in [1.165, 1.54) is 24.8 Å². The summed E-state index contributed by atoms with van der Waals surface area (Å²) < 4.78 is 32.5. The highest BCUT2D eigenvalue weighted by molar-refractivity contribution is 7.89. The normalized spacial score (nSPS) is 26.7. The van der Waals surface area contributed by atoms with E-state index in [9.17, 15) is 13.2 Å². The van der Waals surface area contributed by atoms with Gasteiger partial charge in [-0.2, -0.15) is 0 Å². The molecule has 3 heterocycles. The molecule has 2 aliphatic rings. The van der Waals surface area contributed by atoms with Crippen molar-refractivity contribution in [1.82, 2.24) is 14.6 Å². The van der Waals surface area contributed by atoms with Gasteiger partial charge in [0.05, 0.1) is 17.6 Å².